The molecule has 8 heteroatoms. The summed E-state index contributed by atoms with van der Waals surface area (Å²) in [6.45, 7) is 1.47. The Kier molecular flexibility index (Phi) is 11.0. The van der Waals surface area contributed by atoms with Crippen molar-refractivity contribution in [3.63, 3.8) is 0 Å². The summed E-state index contributed by atoms with van der Waals surface area (Å²) in [5, 5.41) is 17.0. The van der Waals surface area contributed by atoms with Crippen molar-refractivity contribution in [2.24, 2.45) is 5.73 Å². The van der Waals surface area contributed by atoms with Gasteiger partial charge in [0.15, 0.2) is 5.96 Å². The van der Waals surface area contributed by atoms with Crippen molar-refractivity contribution >= 4 is 17.8 Å². The van der Waals surface area contributed by atoms with E-state index >= 15 is 0 Å². The number of nitrogens with two attached hydrogens (primary N) is 1. The lowest BCUT2D eigenvalue weighted by molar-refractivity contribution is -0.134. The van der Waals surface area contributed by atoms with Crippen LogP contribution in [0.1, 0.15) is 42.0 Å². The van der Waals surface area contributed by atoms with Crippen LogP contribution in [0.2, 0.25) is 0 Å². The van der Waals surface area contributed by atoms with Gasteiger partial charge in [-0.05, 0) is 47.1 Å². The lowest BCUT2D eigenvalue weighted by Crippen LogP contribution is -2.49. The Morgan fingerprint density at radius 2 is 1.42 bits per heavy atom. The highest BCUT2D eigenvalue weighted by Crippen LogP contribution is 2.31. The average molecular weight is 603 g/mol. The summed E-state index contributed by atoms with van der Waals surface area (Å²) >= 11 is 0. The number of nitrogens with one attached hydrogen (secondary N) is 4. The third-order valence-electron chi connectivity index (χ3n) is 8.24. The van der Waals surface area contributed by atoms with Gasteiger partial charge in [0.05, 0.1) is 18.5 Å². The second kappa shape index (κ2) is 15.7. The van der Waals surface area contributed by atoms with Crippen molar-refractivity contribution < 1.29 is 9.59 Å². The molecule has 8 nitrogen and oxygen atoms in total. The summed E-state index contributed by atoms with van der Waals surface area (Å²) in [7, 11) is 0. The highest BCUT2D eigenvalue weighted by atomic mass is 16.2. The van der Waals surface area contributed by atoms with E-state index < -0.39 is 6.04 Å². The van der Waals surface area contributed by atoms with E-state index in [0.29, 0.717) is 38.9 Å². The SMILES string of the molecule is N=C(N)NCCC[C@H]1N[C@@H](CNC(=O)Cc2ccc(-c3ccccc3)cc2)CCN(C(c2ccccc2)c2ccccc2)C1=O. The summed E-state index contributed by atoms with van der Waals surface area (Å²) in [4.78, 5) is 29.2. The molecule has 6 N–H and O–H groups in total. The largest absolute Gasteiger partial charge is 0.370 e. The second-order valence-electron chi connectivity index (χ2n) is 11.5. The van der Waals surface area contributed by atoms with Gasteiger partial charge in [-0.1, -0.05) is 115 Å². The molecule has 0 saturated carbocycles. The summed E-state index contributed by atoms with van der Waals surface area (Å²) in [6, 6.07) is 37.8. The van der Waals surface area contributed by atoms with E-state index in [2.05, 4.69) is 52.3 Å². The Morgan fingerprint density at radius 1 is 0.844 bits per heavy atom. The maximum absolute atomic E-state index is 14.2. The highest BCUT2D eigenvalue weighted by Gasteiger charge is 2.35. The van der Waals surface area contributed by atoms with Gasteiger partial charge < -0.3 is 26.6 Å². The molecule has 1 aliphatic rings. The molecule has 0 aromatic heterocycles. The predicted molar refractivity (Wildman–Crippen MR) is 180 cm³/mol. The Bertz CT molecular complexity index is 1490. The molecule has 0 radical (unpaired) electrons. The fraction of sp³-hybridized carbons (Fsp3) is 0.270. The zero-order valence-corrected chi connectivity index (χ0v) is 25.5. The van der Waals surface area contributed by atoms with E-state index in [1.165, 1.54) is 0 Å². The molecule has 0 spiro atoms. The standard InChI is InChI=1S/C37H42N6O2/c38-37(39)40-23-10-17-33-36(45)43(35(30-13-6-2-7-14-30)31-15-8-3-9-16-31)24-22-32(42-33)26-41-34(44)25-27-18-20-29(21-19-27)28-11-4-1-5-12-28/h1-9,11-16,18-21,32-33,35,42H,10,17,22-26H2,(H,41,44)(H4,38,39,40)/t32-,33-/m1/s1. The molecule has 2 amide bonds. The van der Waals surface area contributed by atoms with Crippen molar-refractivity contribution in [3.8, 4) is 11.1 Å². The van der Waals surface area contributed by atoms with E-state index in [1.54, 1.807) is 0 Å². The fourth-order valence-corrected chi connectivity index (χ4v) is 5.95. The number of nitrogens with zero attached hydrogens (tertiary/aromatic N) is 1. The van der Waals surface area contributed by atoms with E-state index in [1.807, 2.05) is 83.8 Å². The molecule has 0 unspecified atom stereocenters. The minimum atomic E-state index is -0.441. The minimum absolute atomic E-state index is 0.0304. The van der Waals surface area contributed by atoms with Gasteiger partial charge in [0, 0.05) is 25.7 Å². The van der Waals surface area contributed by atoms with Gasteiger partial charge in [-0.15, -0.1) is 0 Å². The third kappa shape index (κ3) is 8.80. The number of hydrogen-bond acceptors (Lipinski definition) is 4. The molecule has 4 aromatic rings. The highest BCUT2D eigenvalue weighted by molar-refractivity contribution is 5.83. The third-order valence-corrected chi connectivity index (χ3v) is 8.24. The van der Waals surface area contributed by atoms with Gasteiger partial charge in [0.1, 0.15) is 0 Å². The molecule has 1 saturated heterocycles. The first-order valence-corrected chi connectivity index (χ1v) is 15.6. The van der Waals surface area contributed by atoms with Crippen molar-refractivity contribution in [1.29, 1.82) is 5.41 Å². The quantitative estimate of drug-likeness (QED) is 0.0920. The molecule has 4 aromatic carbocycles. The van der Waals surface area contributed by atoms with Gasteiger partial charge in [-0.2, -0.15) is 0 Å². The molecule has 5 rings (SSSR count). The van der Waals surface area contributed by atoms with Gasteiger partial charge in [-0.3, -0.25) is 15.0 Å². The summed E-state index contributed by atoms with van der Waals surface area (Å²) in [5.41, 5.74) is 10.8. The van der Waals surface area contributed by atoms with E-state index in [9.17, 15) is 9.59 Å². The smallest absolute Gasteiger partial charge is 0.240 e. The van der Waals surface area contributed by atoms with Crippen LogP contribution in [-0.4, -0.2) is 54.4 Å². The van der Waals surface area contributed by atoms with Crippen LogP contribution < -0.4 is 21.7 Å². The maximum atomic E-state index is 14.2. The fourth-order valence-electron chi connectivity index (χ4n) is 5.95. The van der Waals surface area contributed by atoms with Gasteiger partial charge in [0.25, 0.3) is 0 Å². The molecule has 0 bridgehead atoms. The minimum Gasteiger partial charge on any atom is -0.370 e. The number of rotatable bonds is 12. The average Bonchev–Trinajstić information content (AvgIpc) is 3.22. The van der Waals surface area contributed by atoms with Gasteiger partial charge >= 0.3 is 0 Å². The van der Waals surface area contributed by atoms with E-state index in [-0.39, 0.29) is 36.3 Å². The van der Waals surface area contributed by atoms with Crippen LogP contribution in [0, 0.1) is 5.41 Å². The normalized spacial score (nSPS) is 16.6. The first kappa shape index (κ1) is 31.5. The number of carbonyl (C=O) groups excluding carboxylic acids is 2. The summed E-state index contributed by atoms with van der Waals surface area (Å²) < 4.78 is 0. The molecule has 45 heavy (non-hydrogen) atoms. The monoisotopic (exact) mass is 602 g/mol. The number of guanidine groups is 1. The molecule has 0 aliphatic carbocycles. The Labute approximate surface area is 265 Å². The molecule has 232 valence electrons. The Hall–Kier alpha value is -4.95. The number of carbonyl (C=O) groups is 2. The van der Waals surface area contributed by atoms with E-state index in [4.69, 9.17) is 11.1 Å². The summed E-state index contributed by atoms with van der Waals surface area (Å²) in [6.07, 6.45) is 2.22. The molecule has 1 fully saturated rings. The molecule has 1 aliphatic heterocycles. The van der Waals surface area contributed by atoms with Gasteiger partial charge in [0.2, 0.25) is 11.8 Å². The molecular formula is C37H42N6O2. The second-order valence-corrected chi connectivity index (χ2v) is 11.5. The van der Waals surface area contributed by atoms with Crippen LogP contribution in [-0.2, 0) is 16.0 Å². The number of benzene rings is 4. The van der Waals surface area contributed by atoms with Crippen LogP contribution >= 0.6 is 0 Å². The Balaban J connectivity index is 1.27. The Morgan fingerprint density at radius 3 is 2.02 bits per heavy atom. The number of hydrogen-bond donors (Lipinski definition) is 5. The zero-order chi connectivity index (χ0) is 31.4. The van der Waals surface area contributed by atoms with Crippen LogP contribution in [0.4, 0.5) is 0 Å². The van der Waals surface area contributed by atoms with Crippen LogP contribution in [0.25, 0.3) is 11.1 Å². The lowest BCUT2D eigenvalue weighted by atomic mass is 9.96. The summed E-state index contributed by atoms with van der Waals surface area (Å²) in [5.74, 6) is -0.103. The van der Waals surface area contributed by atoms with Crippen LogP contribution in [0.5, 0.6) is 0 Å². The van der Waals surface area contributed by atoms with Crippen LogP contribution in [0.3, 0.4) is 0 Å². The molecule has 1 heterocycles. The van der Waals surface area contributed by atoms with Crippen molar-refractivity contribution in [3.05, 3.63) is 132 Å². The van der Waals surface area contributed by atoms with Gasteiger partial charge in [-0.25, -0.2) is 0 Å². The molecular weight excluding hydrogens is 560 g/mol. The molecule has 2 atom stereocenters. The van der Waals surface area contributed by atoms with Crippen LogP contribution in [0.15, 0.2) is 115 Å². The first-order valence-electron chi connectivity index (χ1n) is 15.6. The van der Waals surface area contributed by atoms with Crippen molar-refractivity contribution in [1.82, 2.24) is 20.9 Å². The van der Waals surface area contributed by atoms with Crippen molar-refractivity contribution in [2.75, 3.05) is 19.6 Å². The topological polar surface area (TPSA) is 123 Å². The zero-order valence-electron chi connectivity index (χ0n) is 25.5. The first-order chi connectivity index (χ1) is 22.0. The van der Waals surface area contributed by atoms with E-state index in [0.717, 1.165) is 27.8 Å². The predicted octanol–water partition coefficient (Wildman–Crippen LogP) is 4.62. The maximum Gasteiger partial charge on any atom is 0.240 e. The number of amides is 2. The lowest BCUT2D eigenvalue weighted by Gasteiger charge is -2.33. The van der Waals surface area contributed by atoms with Crippen molar-refractivity contribution in [2.45, 2.75) is 43.8 Å².